The van der Waals surface area contributed by atoms with Gasteiger partial charge in [-0.3, -0.25) is 0 Å². The quantitative estimate of drug-likeness (QED) is 0.762. The van der Waals surface area contributed by atoms with Gasteiger partial charge in [0.25, 0.3) is 0 Å². The zero-order valence-corrected chi connectivity index (χ0v) is 12.0. The molecule has 0 aliphatic heterocycles. The van der Waals surface area contributed by atoms with E-state index in [1.807, 2.05) is 31.2 Å². The van der Waals surface area contributed by atoms with Gasteiger partial charge < -0.3 is 15.6 Å². The Kier molecular flexibility index (Phi) is 4.99. The van der Waals surface area contributed by atoms with Crippen LogP contribution in [0.5, 0.6) is 5.75 Å². The summed E-state index contributed by atoms with van der Waals surface area (Å²) in [7, 11) is 0. The van der Waals surface area contributed by atoms with Crippen LogP contribution >= 0.6 is 0 Å². The maximum absolute atomic E-state index is 10.1. The van der Waals surface area contributed by atoms with Crippen LogP contribution < -0.4 is 10.5 Å². The second kappa shape index (κ2) is 6.73. The van der Waals surface area contributed by atoms with Crippen LogP contribution in [0.4, 0.5) is 0 Å². The van der Waals surface area contributed by atoms with Gasteiger partial charge in [0.15, 0.2) is 0 Å². The van der Waals surface area contributed by atoms with Crippen molar-refractivity contribution >= 4 is 10.8 Å². The average molecular weight is 273 g/mol. The van der Waals surface area contributed by atoms with Gasteiger partial charge in [0.05, 0.1) is 12.2 Å². The standard InChI is InChI=1S/C17H23NO2/c1-2-17(19,13-18)11-6-12-20-16-10-5-8-14-7-3-4-9-15(14)16/h3-5,7-10,19H,2,6,11-13,18H2,1H3. The Bertz CT molecular complexity index is 544. The number of nitrogens with two attached hydrogens (primary N) is 1. The van der Waals surface area contributed by atoms with Crippen LogP contribution in [-0.2, 0) is 0 Å². The van der Waals surface area contributed by atoms with Crippen molar-refractivity contribution in [2.24, 2.45) is 5.73 Å². The summed E-state index contributed by atoms with van der Waals surface area (Å²) in [4.78, 5) is 0. The lowest BCUT2D eigenvalue weighted by atomic mass is 9.95. The SMILES string of the molecule is CCC(O)(CN)CCCOc1cccc2ccccc12. The molecule has 3 heteroatoms. The topological polar surface area (TPSA) is 55.5 Å². The first-order valence-corrected chi connectivity index (χ1v) is 7.21. The lowest BCUT2D eigenvalue weighted by Gasteiger charge is -2.24. The third-order valence-electron chi connectivity index (χ3n) is 3.83. The van der Waals surface area contributed by atoms with Crippen LogP contribution in [0.2, 0.25) is 0 Å². The molecule has 0 amide bonds. The minimum atomic E-state index is -0.748. The van der Waals surface area contributed by atoms with E-state index in [-0.39, 0.29) is 0 Å². The normalized spacial score (nSPS) is 14.2. The number of rotatable bonds is 7. The van der Waals surface area contributed by atoms with Gasteiger partial charge in [-0.05, 0) is 30.7 Å². The first-order valence-electron chi connectivity index (χ1n) is 7.21. The molecule has 0 aromatic heterocycles. The predicted octanol–water partition coefficient (Wildman–Crippen LogP) is 3.10. The van der Waals surface area contributed by atoms with Crippen molar-refractivity contribution in [3.8, 4) is 5.75 Å². The lowest BCUT2D eigenvalue weighted by molar-refractivity contribution is 0.0309. The van der Waals surface area contributed by atoms with Crippen molar-refractivity contribution in [3.05, 3.63) is 42.5 Å². The molecule has 0 spiro atoms. The van der Waals surface area contributed by atoms with Gasteiger partial charge in [0.2, 0.25) is 0 Å². The van der Waals surface area contributed by atoms with Crippen molar-refractivity contribution in [1.29, 1.82) is 0 Å². The molecule has 20 heavy (non-hydrogen) atoms. The molecule has 0 saturated heterocycles. The Hall–Kier alpha value is -1.58. The van der Waals surface area contributed by atoms with Crippen LogP contribution in [0.15, 0.2) is 42.5 Å². The molecule has 2 aromatic rings. The van der Waals surface area contributed by atoms with E-state index in [4.69, 9.17) is 10.5 Å². The van der Waals surface area contributed by atoms with Crippen LogP contribution in [0.1, 0.15) is 26.2 Å². The van der Waals surface area contributed by atoms with Gasteiger partial charge in [-0.2, -0.15) is 0 Å². The highest BCUT2D eigenvalue weighted by Crippen LogP contribution is 2.25. The summed E-state index contributed by atoms with van der Waals surface area (Å²) in [6.45, 7) is 2.85. The van der Waals surface area contributed by atoms with E-state index in [1.54, 1.807) is 0 Å². The number of aliphatic hydroxyl groups is 1. The first kappa shape index (κ1) is 14.8. The highest BCUT2D eigenvalue weighted by atomic mass is 16.5. The highest BCUT2D eigenvalue weighted by Gasteiger charge is 2.21. The third kappa shape index (κ3) is 3.50. The van der Waals surface area contributed by atoms with E-state index in [0.717, 1.165) is 17.6 Å². The Morgan fingerprint density at radius 2 is 1.90 bits per heavy atom. The fourth-order valence-electron chi connectivity index (χ4n) is 2.33. The number of hydrogen-bond donors (Lipinski definition) is 2. The van der Waals surface area contributed by atoms with Crippen molar-refractivity contribution < 1.29 is 9.84 Å². The van der Waals surface area contributed by atoms with Gasteiger partial charge in [0, 0.05) is 11.9 Å². The van der Waals surface area contributed by atoms with Crippen LogP contribution in [0.25, 0.3) is 10.8 Å². The molecule has 0 aliphatic rings. The fourth-order valence-corrected chi connectivity index (χ4v) is 2.33. The maximum atomic E-state index is 10.1. The molecule has 0 aliphatic carbocycles. The maximum Gasteiger partial charge on any atom is 0.127 e. The number of hydrogen-bond acceptors (Lipinski definition) is 3. The Labute approximate surface area is 120 Å². The summed E-state index contributed by atoms with van der Waals surface area (Å²) in [5.74, 6) is 0.899. The monoisotopic (exact) mass is 273 g/mol. The van der Waals surface area contributed by atoms with E-state index in [0.29, 0.717) is 26.0 Å². The summed E-state index contributed by atoms with van der Waals surface area (Å²) >= 11 is 0. The van der Waals surface area contributed by atoms with E-state index < -0.39 is 5.60 Å². The van der Waals surface area contributed by atoms with Crippen molar-refractivity contribution in [3.63, 3.8) is 0 Å². The van der Waals surface area contributed by atoms with E-state index in [9.17, 15) is 5.11 Å². The second-order valence-corrected chi connectivity index (χ2v) is 5.21. The first-order chi connectivity index (χ1) is 9.68. The fraction of sp³-hybridized carbons (Fsp3) is 0.412. The molecule has 0 bridgehead atoms. The summed E-state index contributed by atoms with van der Waals surface area (Å²) in [5.41, 5.74) is 4.85. The minimum absolute atomic E-state index is 0.303. The zero-order chi connectivity index (χ0) is 14.4. The van der Waals surface area contributed by atoms with Gasteiger partial charge in [-0.1, -0.05) is 43.3 Å². The Balaban J connectivity index is 1.94. The molecule has 1 unspecified atom stereocenters. The molecular weight excluding hydrogens is 250 g/mol. The van der Waals surface area contributed by atoms with Gasteiger partial charge in [-0.15, -0.1) is 0 Å². The summed E-state index contributed by atoms with van der Waals surface area (Å²) < 4.78 is 5.85. The highest BCUT2D eigenvalue weighted by molar-refractivity contribution is 5.88. The second-order valence-electron chi connectivity index (χ2n) is 5.21. The average Bonchev–Trinajstić information content (AvgIpc) is 2.51. The largest absolute Gasteiger partial charge is 0.493 e. The molecular formula is C17H23NO2. The lowest BCUT2D eigenvalue weighted by Crippen LogP contribution is -2.37. The molecule has 0 heterocycles. The van der Waals surface area contributed by atoms with Gasteiger partial charge in [-0.25, -0.2) is 0 Å². The molecule has 0 fully saturated rings. The van der Waals surface area contributed by atoms with Gasteiger partial charge >= 0.3 is 0 Å². The third-order valence-corrected chi connectivity index (χ3v) is 3.83. The van der Waals surface area contributed by atoms with Crippen molar-refractivity contribution in [2.45, 2.75) is 31.8 Å². The summed E-state index contributed by atoms with van der Waals surface area (Å²) in [5, 5.41) is 12.4. The molecule has 108 valence electrons. The molecule has 0 radical (unpaired) electrons. The number of fused-ring (bicyclic) bond motifs is 1. The molecule has 2 aromatic carbocycles. The minimum Gasteiger partial charge on any atom is -0.493 e. The van der Waals surface area contributed by atoms with Crippen molar-refractivity contribution in [2.75, 3.05) is 13.2 Å². The van der Waals surface area contributed by atoms with E-state index in [1.165, 1.54) is 5.39 Å². The Morgan fingerprint density at radius 3 is 2.65 bits per heavy atom. The predicted molar refractivity (Wildman–Crippen MR) is 83.0 cm³/mol. The molecule has 2 rings (SSSR count). The zero-order valence-electron chi connectivity index (χ0n) is 12.0. The smallest absolute Gasteiger partial charge is 0.127 e. The van der Waals surface area contributed by atoms with Gasteiger partial charge in [0.1, 0.15) is 5.75 Å². The molecule has 3 nitrogen and oxygen atoms in total. The van der Waals surface area contributed by atoms with E-state index in [2.05, 4.69) is 18.2 Å². The van der Waals surface area contributed by atoms with Crippen LogP contribution in [0, 0.1) is 0 Å². The number of ether oxygens (including phenoxy) is 1. The van der Waals surface area contributed by atoms with E-state index >= 15 is 0 Å². The van der Waals surface area contributed by atoms with Crippen LogP contribution in [-0.4, -0.2) is 23.9 Å². The summed E-state index contributed by atoms with van der Waals surface area (Å²) in [6.07, 6.45) is 2.15. The number of benzene rings is 2. The van der Waals surface area contributed by atoms with Crippen LogP contribution in [0.3, 0.4) is 0 Å². The molecule has 3 N–H and O–H groups in total. The Morgan fingerprint density at radius 1 is 1.15 bits per heavy atom. The molecule has 1 atom stereocenters. The van der Waals surface area contributed by atoms with Crippen molar-refractivity contribution in [1.82, 2.24) is 0 Å². The summed E-state index contributed by atoms with van der Waals surface area (Å²) in [6, 6.07) is 14.2. The molecule has 0 saturated carbocycles.